The zero-order chi connectivity index (χ0) is 22.8. The molecule has 168 valence electrons. The maximum atomic E-state index is 13.0. The van der Waals surface area contributed by atoms with Gasteiger partial charge in [0, 0.05) is 36.8 Å². The van der Waals surface area contributed by atoms with Gasteiger partial charge in [0.1, 0.15) is 0 Å². The number of aryl methyl sites for hydroxylation is 2. The third kappa shape index (κ3) is 4.05. The third-order valence-corrected chi connectivity index (χ3v) is 6.28. The Hall–Kier alpha value is -3.06. The molecule has 1 fully saturated rings. The van der Waals surface area contributed by atoms with Crippen LogP contribution in [0.3, 0.4) is 0 Å². The van der Waals surface area contributed by atoms with E-state index in [0.29, 0.717) is 40.4 Å². The van der Waals surface area contributed by atoms with Gasteiger partial charge in [0.15, 0.2) is 0 Å². The second-order valence-electron chi connectivity index (χ2n) is 7.97. The number of halogens is 1. The number of rotatable bonds is 5. The molecule has 0 aliphatic carbocycles. The van der Waals surface area contributed by atoms with Gasteiger partial charge in [0.05, 0.1) is 22.4 Å². The molecule has 2 heterocycles. The first-order chi connectivity index (χ1) is 15.4. The first kappa shape index (κ1) is 22.1. The average Bonchev–Trinajstić information content (AvgIpc) is 2.81. The SMILES string of the molecule is CCn1c(=O)c(=O)n(CC)c2cc(N3CCCCC3)c(NC(=O)c3ccc(Cl)cc3)cc21. The largest absolute Gasteiger partial charge is 0.370 e. The molecule has 1 N–H and O–H groups in total. The molecule has 0 atom stereocenters. The topological polar surface area (TPSA) is 76.3 Å². The van der Waals surface area contributed by atoms with Crippen LogP contribution in [-0.2, 0) is 13.1 Å². The van der Waals surface area contributed by atoms with Gasteiger partial charge in [-0.05, 0) is 69.5 Å². The fraction of sp³-hybridized carbons (Fsp3) is 0.375. The van der Waals surface area contributed by atoms with Gasteiger partial charge >= 0.3 is 11.1 Å². The maximum Gasteiger partial charge on any atom is 0.316 e. The van der Waals surface area contributed by atoms with Crippen molar-refractivity contribution in [1.29, 1.82) is 0 Å². The van der Waals surface area contributed by atoms with Gasteiger partial charge in [-0.15, -0.1) is 0 Å². The van der Waals surface area contributed by atoms with Gasteiger partial charge in [0.25, 0.3) is 5.91 Å². The van der Waals surface area contributed by atoms with Crippen molar-refractivity contribution in [2.24, 2.45) is 0 Å². The summed E-state index contributed by atoms with van der Waals surface area (Å²) in [7, 11) is 0. The molecule has 0 unspecified atom stereocenters. The van der Waals surface area contributed by atoms with E-state index in [0.717, 1.165) is 31.6 Å². The van der Waals surface area contributed by atoms with E-state index in [9.17, 15) is 14.4 Å². The molecular weight excluding hydrogens is 428 g/mol. The van der Waals surface area contributed by atoms with Crippen LogP contribution >= 0.6 is 11.6 Å². The van der Waals surface area contributed by atoms with E-state index in [-0.39, 0.29) is 5.91 Å². The number of hydrogen-bond donors (Lipinski definition) is 1. The summed E-state index contributed by atoms with van der Waals surface area (Å²) in [5.74, 6) is -0.256. The van der Waals surface area contributed by atoms with Gasteiger partial charge < -0.3 is 19.4 Å². The number of anilines is 2. The molecule has 0 radical (unpaired) electrons. The van der Waals surface area contributed by atoms with Crippen LogP contribution in [0.2, 0.25) is 5.02 Å². The Balaban J connectivity index is 1.91. The fourth-order valence-corrected chi connectivity index (χ4v) is 4.49. The predicted molar refractivity (Wildman–Crippen MR) is 129 cm³/mol. The van der Waals surface area contributed by atoms with Crippen molar-refractivity contribution in [1.82, 2.24) is 9.13 Å². The molecule has 3 aromatic rings. The Kier molecular flexibility index (Phi) is 6.37. The van der Waals surface area contributed by atoms with E-state index >= 15 is 0 Å². The number of fused-ring (bicyclic) bond motifs is 1. The molecule has 0 bridgehead atoms. The van der Waals surface area contributed by atoms with Gasteiger partial charge in [-0.3, -0.25) is 14.4 Å². The minimum absolute atomic E-state index is 0.256. The molecule has 4 rings (SSSR count). The number of benzene rings is 2. The minimum Gasteiger partial charge on any atom is -0.370 e. The van der Waals surface area contributed by atoms with Crippen LogP contribution in [-0.4, -0.2) is 28.1 Å². The third-order valence-electron chi connectivity index (χ3n) is 6.03. The van der Waals surface area contributed by atoms with E-state index in [2.05, 4.69) is 10.2 Å². The highest BCUT2D eigenvalue weighted by Gasteiger charge is 2.21. The van der Waals surface area contributed by atoms with Crippen molar-refractivity contribution in [2.45, 2.75) is 46.2 Å². The maximum absolute atomic E-state index is 13.0. The van der Waals surface area contributed by atoms with Crippen molar-refractivity contribution in [3.63, 3.8) is 0 Å². The van der Waals surface area contributed by atoms with E-state index in [1.54, 1.807) is 24.3 Å². The zero-order valence-corrected chi connectivity index (χ0v) is 19.1. The Morgan fingerprint density at radius 1 is 0.906 bits per heavy atom. The van der Waals surface area contributed by atoms with Crippen LogP contribution in [0.4, 0.5) is 11.4 Å². The number of nitrogens with one attached hydrogen (secondary N) is 1. The highest BCUT2D eigenvalue weighted by molar-refractivity contribution is 6.30. The number of nitrogens with zero attached hydrogens (tertiary/aromatic N) is 3. The summed E-state index contributed by atoms with van der Waals surface area (Å²) in [5.41, 5.74) is 2.23. The second kappa shape index (κ2) is 9.20. The molecule has 1 aromatic heterocycles. The lowest BCUT2D eigenvalue weighted by molar-refractivity contribution is 0.102. The Morgan fingerprint density at radius 2 is 1.47 bits per heavy atom. The predicted octanol–water partition coefficient (Wildman–Crippen LogP) is 4.10. The first-order valence-electron chi connectivity index (χ1n) is 11.1. The molecule has 0 saturated carbocycles. The minimum atomic E-state index is -0.553. The molecule has 7 nitrogen and oxygen atoms in total. The molecule has 1 amide bonds. The van der Waals surface area contributed by atoms with Crippen LogP contribution in [0.25, 0.3) is 11.0 Å². The van der Waals surface area contributed by atoms with Crippen molar-refractivity contribution in [3.8, 4) is 0 Å². The number of amides is 1. The first-order valence-corrected chi connectivity index (χ1v) is 11.5. The summed E-state index contributed by atoms with van der Waals surface area (Å²) in [6, 6.07) is 10.5. The Morgan fingerprint density at radius 3 is 2.03 bits per heavy atom. The molecular formula is C24H27ClN4O3. The van der Waals surface area contributed by atoms with Crippen molar-refractivity contribution in [3.05, 3.63) is 67.7 Å². The summed E-state index contributed by atoms with van der Waals surface area (Å²) in [4.78, 5) is 40.6. The van der Waals surface area contributed by atoms with E-state index in [1.807, 2.05) is 26.0 Å². The summed E-state index contributed by atoms with van der Waals surface area (Å²) in [6.07, 6.45) is 3.31. The molecule has 2 aromatic carbocycles. The van der Waals surface area contributed by atoms with Gasteiger partial charge in [-0.2, -0.15) is 0 Å². The van der Waals surface area contributed by atoms with Crippen LogP contribution in [0.15, 0.2) is 46.0 Å². The lowest BCUT2D eigenvalue weighted by atomic mass is 10.1. The summed E-state index contributed by atoms with van der Waals surface area (Å²) in [6.45, 7) is 6.19. The number of aromatic nitrogens is 2. The van der Waals surface area contributed by atoms with E-state index in [1.165, 1.54) is 15.6 Å². The highest BCUT2D eigenvalue weighted by Crippen LogP contribution is 2.33. The van der Waals surface area contributed by atoms with Crippen LogP contribution in [0.1, 0.15) is 43.5 Å². The van der Waals surface area contributed by atoms with E-state index < -0.39 is 11.1 Å². The van der Waals surface area contributed by atoms with Crippen molar-refractivity contribution < 1.29 is 4.79 Å². The number of carbonyl (C=O) groups excluding carboxylic acids is 1. The number of hydrogen-bond acceptors (Lipinski definition) is 4. The summed E-state index contributed by atoms with van der Waals surface area (Å²) < 4.78 is 2.99. The monoisotopic (exact) mass is 454 g/mol. The van der Waals surface area contributed by atoms with Crippen LogP contribution in [0.5, 0.6) is 0 Å². The van der Waals surface area contributed by atoms with Gasteiger partial charge in [-0.1, -0.05) is 11.6 Å². The number of carbonyl (C=O) groups is 1. The zero-order valence-electron chi connectivity index (χ0n) is 18.4. The number of piperidine rings is 1. The molecule has 8 heteroatoms. The second-order valence-corrected chi connectivity index (χ2v) is 8.40. The average molecular weight is 455 g/mol. The summed E-state index contributed by atoms with van der Waals surface area (Å²) >= 11 is 5.96. The lowest BCUT2D eigenvalue weighted by Crippen LogP contribution is -2.41. The smallest absolute Gasteiger partial charge is 0.316 e. The lowest BCUT2D eigenvalue weighted by Gasteiger charge is -2.31. The van der Waals surface area contributed by atoms with Crippen LogP contribution in [0, 0.1) is 0 Å². The molecule has 1 aliphatic rings. The summed E-state index contributed by atoms with van der Waals surface area (Å²) in [5, 5.41) is 3.59. The normalized spacial score (nSPS) is 14.0. The quantitative estimate of drug-likeness (QED) is 0.589. The van der Waals surface area contributed by atoms with Crippen molar-refractivity contribution >= 4 is 39.9 Å². The Labute approximate surface area is 191 Å². The van der Waals surface area contributed by atoms with Gasteiger partial charge in [0.2, 0.25) is 0 Å². The Bertz CT molecular complexity index is 1270. The molecule has 0 spiro atoms. The van der Waals surface area contributed by atoms with Gasteiger partial charge in [-0.25, -0.2) is 0 Å². The molecule has 32 heavy (non-hydrogen) atoms. The highest BCUT2D eigenvalue weighted by atomic mass is 35.5. The molecule has 1 saturated heterocycles. The fourth-order valence-electron chi connectivity index (χ4n) is 4.37. The van der Waals surface area contributed by atoms with Crippen LogP contribution < -0.4 is 21.3 Å². The van der Waals surface area contributed by atoms with Crippen molar-refractivity contribution in [2.75, 3.05) is 23.3 Å². The van der Waals surface area contributed by atoms with E-state index in [4.69, 9.17) is 11.6 Å². The standard InChI is InChI=1S/C24H27ClN4O3/c1-3-28-20-14-18(26-22(30)16-8-10-17(25)11-9-16)19(27-12-6-5-7-13-27)15-21(20)29(4-2)24(32)23(28)31/h8-11,14-15H,3-7,12-13H2,1-2H3,(H,26,30). The molecule has 1 aliphatic heterocycles.